The second kappa shape index (κ2) is 11.0. The molecule has 33 heavy (non-hydrogen) atoms. The van der Waals surface area contributed by atoms with E-state index >= 15 is 4.39 Å². The van der Waals surface area contributed by atoms with Gasteiger partial charge in [-0.15, -0.1) is 0 Å². The third kappa shape index (κ3) is 5.85. The molecule has 4 rings (SSSR count). The van der Waals surface area contributed by atoms with E-state index in [2.05, 4.69) is 13.5 Å². The molecule has 1 unspecified atom stereocenters. The van der Waals surface area contributed by atoms with Crippen molar-refractivity contribution in [2.24, 2.45) is 17.8 Å². The summed E-state index contributed by atoms with van der Waals surface area (Å²) in [6, 6.07) is 11.6. The number of carbonyl (C=O) groups excluding carboxylic acids is 1. The fourth-order valence-corrected chi connectivity index (χ4v) is 5.85. The molecule has 0 spiro atoms. The molecule has 3 nitrogen and oxygen atoms in total. The van der Waals surface area contributed by atoms with E-state index < -0.39 is 5.97 Å². The highest BCUT2D eigenvalue weighted by Crippen LogP contribution is 2.48. The molecule has 0 heterocycles. The third-order valence-electron chi connectivity index (χ3n) is 7.50. The lowest BCUT2D eigenvalue weighted by molar-refractivity contribution is 0.0734. The van der Waals surface area contributed by atoms with E-state index in [1.807, 2.05) is 0 Å². The predicted molar refractivity (Wildman–Crippen MR) is 129 cm³/mol. The van der Waals surface area contributed by atoms with E-state index in [0.29, 0.717) is 18.1 Å². The number of carbonyl (C=O) groups is 1. The molecule has 4 atom stereocenters. The van der Waals surface area contributed by atoms with Gasteiger partial charge < -0.3 is 9.47 Å². The number of rotatable bonds is 8. The van der Waals surface area contributed by atoms with E-state index in [1.54, 1.807) is 42.5 Å². The van der Waals surface area contributed by atoms with Gasteiger partial charge in [-0.05, 0) is 97.7 Å². The third-order valence-corrected chi connectivity index (χ3v) is 7.50. The Balaban J connectivity index is 1.36. The van der Waals surface area contributed by atoms with Crippen LogP contribution >= 0.6 is 0 Å². The zero-order valence-electron chi connectivity index (χ0n) is 19.6. The van der Waals surface area contributed by atoms with Gasteiger partial charge in [-0.2, -0.15) is 0 Å². The predicted octanol–water partition coefficient (Wildman–Crippen LogP) is 7.71. The SMILES string of the molecule is C=CCOc1ccc(OC(=O)c2ccc(C3CC[C@H]4C[C@@H](CCC)CC[C@@H]4C3)c(F)c2)cc1. The molecule has 2 fully saturated rings. The molecule has 0 saturated heterocycles. The maximum atomic E-state index is 15.1. The zero-order chi connectivity index (χ0) is 23.2. The lowest BCUT2D eigenvalue weighted by Crippen LogP contribution is -2.30. The van der Waals surface area contributed by atoms with Gasteiger partial charge in [0.2, 0.25) is 0 Å². The number of hydrogen-bond acceptors (Lipinski definition) is 3. The topological polar surface area (TPSA) is 35.5 Å². The van der Waals surface area contributed by atoms with Gasteiger partial charge >= 0.3 is 5.97 Å². The molecule has 0 N–H and O–H groups in total. The Morgan fingerprint density at radius 2 is 1.76 bits per heavy atom. The average molecular weight is 451 g/mol. The van der Waals surface area contributed by atoms with Gasteiger partial charge in [0.05, 0.1) is 5.56 Å². The number of ether oxygens (including phenoxy) is 2. The summed E-state index contributed by atoms with van der Waals surface area (Å²) >= 11 is 0. The number of benzene rings is 2. The van der Waals surface area contributed by atoms with Crippen molar-refractivity contribution in [2.75, 3.05) is 6.61 Å². The average Bonchev–Trinajstić information content (AvgIpc) is 2.83. The summed E-state index contributed by atoms with van der Waals surface area (Å²) in [5.74, 6) is 2.90. The normalized spacial score (nSPS) is 24.5. The molecule has 2 aromatic rings. The number of halogens is 1. The molecule has 2 aliphatic carbocycles. The van der Waals surface area contributed by atoms with Gasteiger partial charge in [-0.25, -0.2) is 9.18 Å². The van der Waals surface area contributed by atoms with Crippen LogP contribution in [0, 0.1) is 23.6 Å². The number of hydrogen-bond donors (Lipinski definition) is 0. The minimum Gasteiger partial charge on any atom is -0.490 e. The van der Waals surface area contributed by atoms with Crippen LogP contribution in [0.2, 0.25) is 0 Å². The monoisotopic (exact) mass is 450 g/mol. The standard InChI is InChI=1S/C29H35FO3/c1-3-5-20-6-7-22-18-23(9-8-21(22)17-20)27-15-10-24(19-28(27)30)29(31)33-26-13-11-25(12-14-26)32-16-4-2/h4,10-15,19-23H,2-3,5-9,16-18H2,1H3/t20-,21-,22+,23?/m0/s1. The van der Waals surface area contributed by atoms with E-state index in [1.165, 1.54) is 44.6 Å². The van der Waals surface area contributed by atoms with Crippen LogP contribution in [0.15, 0.2) is 55.1 Å². The van der Waals surface area contributed by atoms with Crippen molar-refractivity contribution < 1.29 is 18.7 Å². The Morgan fingerprint density at radius 3 is 2.48 bits per heavy atom. The summed E-state index contributed by atoms with van der Waals surface area (Å²) in [7, 11) is 0. The van der Waals surface area contributed by atoms with Gasteiger partial charge in [0.1, 0.15) is 23.9 Å². The fraction of sp³-hybridized carbons (Fsp3) is 0.483. The second-order valence-electron chi connectivity index (χ2n) is 9.69. The van der Waals surface area contributed by atoms with Gasteiger partial charge in [0.15, 0.2) is 0 Å². The van der Waals surface area contributed by atoms with Gasteiger partial charge in [0.25, 0.3) is 0 Å². The highest BCUT2D eigenvalue weighted by atomic mass is 19.1. The molecule has 0 bridgehead atoms. The lowest BCUT2D eigenvalue weighted by atomic mass is 9.63. The lowest BCUT2D eigenvalue weighted by Gasteiger charge is -2.42. The first-order valence-corrected chi connectivity index (χ1v) is 12.4. The summed E-state index contributed by atoms with van der Waals surface area (Å²) < 4.78 is 25.9. The highest BCUT2D eigenvalue weighted by Gasteiger charge is 2.36. The van der Waals surface area contributed by atoms with Crippen LogP contribution in [-0.4, -0.2) is 12.6 Å². The molecule has 2 aliphatic rings. The molecule has 0 amide bonds. The van der Waals surface area contributed by atoms with Crippen LogP contribution in [0.1, 0.15) is 80.1 Å². The van der Waals surface area contributed by atoms with Crippen LogP contribution in [0.3, 0.4) is 0 Å². The van der Waals surface area contributed by atoms with Crippen LogP contribution in [0.5, 0.6) is 11.5 Å². The number of esters is 1. The summed E-state index contributed by atoms with van der Waals surface area (Å²) in [4.78, 5) is 12.5. The molecule has 0 radical (unpaired) electrons. The van der Waals surface area contributed by atoms with Crippen LogP contribution in [-0.2, 0) is 0 Å². The Hall–Kier alpha value is -2.62. The first-order chi connectivity index (χ1) is 16.1. The van der Waals surface area contributed by atoms with Crippen LogP contribution in [0.25, 0.3) is 0 Å². The first kappa shape index (κ1) is 23.5. The highest BCUT2D eigenvalue weighted by molar-refractivity contribution is 5.91. The largest absolute Gasteiger partial charge is 0.490 e. The zero-order valence-corrected chi connectivity index (χ0v) is 19.6. The summed E-state index contributed by atoms with van der Waals surface area (Å²) in [5.41, 5.74) is 0.987. The summed E-state index contributed by atoms with van der Waals surface area (Å²) in [6.45, 7) is 6.30. The molecule has 2 aromatic carbocycles. The molecule has 2 saturated carbocycles. The van der Waals surface area contributed by atoms with E-state index in [0.717, 1.165) is 36.2 Å². The van der Waals surface area contributed by atoms with E-state index in [9.17, 15) is 4.79 Å². The maximum absolute atomic E-state index is 15.1. The van der Waals surface area contributed by atoms with Crippen LogP contribution in [0.4, 0.5) is 4.39 Å². The Morgan fingerprint density at radius 1 is 1.03 bits per heavy atom. The van der Waals surface area contributed by atoms with Gasteiger partial charge in [-0.3, -0.25) is 0 Å². The smallest absolute Gasteiger partial charge is 0.343 e. The van der Waals surface area contributed by atoms with E-state index in [-0.39, 0.29) is 17.3 Å². The summed E-state index contributed by atoms with van der Waals surface area (Å²) in [6.07, 6.45) is 11.6. The Labute approximate surface area is 197 Å². The molecule has 176 valence electrons. The Kier molecular flexibility index (Phi) is 7.85. The minimum absolute atomic E-state index is 0.233. The molecule has 0 aromatic heterocycles. The molecular weight excluding hydrogens is 415 g/mol. The van der Waals surface area contributed by atoms with Crippen molar-refractivity contribution in [3.63, 3.8) is 0 Å². The molecular formula is C29H35FO3. The Bertz CT molecular complexity index is 952. The fourth-order valence-electron chi connectivity index (χ4n) is 5.85. The quantitative estimate of drug-likeness (QED) is 0.235. The van der Waals surface area contributed by atoms with Gasteiger partial charge in [-0.1, -0.05) is 44.9 Å². The summed E-state index contributed by atoms with van der Waals surface area (Å²) in [5, 5.41) is 0. The van der Waals surface area contributed by atoms with Crippen molar-refractivity contribution >= 4 is 5.97 Å². The van der Waals surface area contributed by atoms with Crippen molar-refractivity contribution in [1.29, 1.82) is 0 Å². The van der Waals surface area contributed by atoms with Crippen molar-refractivity contribution in [3.05, 3.63) is 72.1 Å². The second-order valence-corrected chi connectivity index (χ2v) is 9.69. The number of fused-ring (bicyclic) bond motifs is 1. The van der Waals surface area contributed by atoms with Crippen molar-refractivity contribution in [2.45, 2.75) is 64.2 Å². The van der Waals surface area contributed by atoms with Crippen molar-refractivity contribution in [3.8, 4) is 11.5 Å². The maximum Gasteiger partial charge on any atom is 0.343 e. The first-order valence-electron chi connectivity index (χ1n) is 12.4. The van der Waals surface area contributed by atoms with Crippen LogP contribution < -0.4 is 9.47 Å². The minimum atomic E-state index is -0.557. The molecule has 4 heteroatoms. The van der Waals surface area contributed by atoms with E-state index in [4.69, 9.17) is 9.47 Å². The van der Waals surface area contributed by atoms with Crippen molar-refractivity contribution in [1.82, 2.24) is 0 Å². The molecule has 0 aliphatic heterocycles. The van der Waals surface area contributed by atoms with Gasteiger partial charge in [0, 0.05) is 0 Å².